The zero-order valence-electron chi connectivity index (χ0n) is 14.5. The normalized spacial score (nSPS) is 15.3. The van der Waals surface area contributed by atoms with Gasteiger partial charge in [0, 0.05) is 18.8 Å². The van der Waals surface area contributed by atoms with Gasteiger partial charge in [0.2, 0.25) is 0 Å². The van der Waals surface area contributed by atoms with Gasteiger partial charge in [-0.25, -0.2) is 9.48 Å². The fourth-order valence-electron chi connectivity index (χ4n) is 3.08. The maximum absolute atomic E-state index is 12.7. The summed E-state index contributed by atoms with van der Waals surface area (Å²) in [7, 11) is 1.89. The molecule has 0 spiro atoms. The molecule has 1 aromatic heterocycles. The van der Waals surface area contributed by atoms with Gasteiger partial charge in [-0.05, 0) is 56.4 Å². The third kappa shape index (κ3) is 3.59. The van der Waals surface area contributed by atoms with Crippen molar-refractivity contribution in [1.29, 1.82) is 0 Å². The fraction of sp³-hybridized carbons (Fsp3) is 0.444. The molecule has 1 saturated heterocycles. The van der Waals surface area contributed by atoms with Crippen molar-refractivity contribution >= 4 is 23.5 Å². The number of nitrogens with one attached hydrogen (secondary N) is 1. The lowest BCUT2D eigenvalue weighted by Crippen LogP contribution is -2.41. The summed E-state index contributed by atoms with van der Waals surface area (Å²) in [5.74, 6) is 2.26. The molecule has 2 aromatic rings. The topological polar surface area (TPSA) is 50.2 Å². The quantitative estimate of drug-likeness (QED) is 0.920. The van der Waals surface area contributed by atoms with Crippen LogP contribution in [0, 0.1) is 13.8 Å². The van der Waals surface area contributed by atoms with E-state index in [0.717, 1.165) is 47.1 Å². The molecule has 2 amide bonds. The average molecular weight is 344 g/mol. The van der Waals surface area contributed by atoms with E-state index < -0.39 is 0 Å². The van der Waals surface area contributed by atoms with Crippen molar-refractivity contribution in [2.75, 3.05) is 23.9 Å². The monoisotopic (exact) mass is 344 g/mol. The Morgan fingerprint density at radius 1 is 1.29 bits per heavy atom. The number of rotatable bonds is 3. The van der Waals surface area contributed by atoms with Crippen LogP contribution in [0.25, 0.3) is 5.69 Å². The molecule has 3 rings (SSSR count). The molecule has 1 aliphatic heterocycles. The zero-order valence-corrected chi connectivity index (χ0v) is 15.3. The van der Waals surface area contributed by atoms with E-state index in [0.29, 0.717) is 6.04 Å². The first-order chi connectivity index (χ1) is 11.6. The second-order valence-corrected chi connectivity index (χ2v) is 7.47. The SMILES string of the molecule is Cc1cc(C)n(-c2ccccc2NC(=O)N(C)C2CCSCC2)n1. The molecule has 1 fully saturated rings. The fourth-order valence-corrected chi connectivity index (χ4v) is 4.16. The van der Waals surface area contributed by atoms with Crippen molar-refractivity contribution in [3.8, 4) is 5.69 Å². The lowest BCUT2D eigenvalue weighted by atomic mass is 10.1. The number of anilines is 1. The van der Waals surface area contributed by atoms with Crippen molar-refractivity contribution < 1.29 is 4.79 Å². The third-order valence-corrected chi connectivity index (χ3v) is 5.49. The Labute approximate surface area is 147 Å². The number of amides is 2. The Kier molecular flexibility index (Phi) is 5.14. The van der Waals surface area contributed by atoms with Crippen LogP contribution in [0.1, 0.15) is 24.2 Å². The first-order valence-corrected chi connectivity index (χ1v) is 9.46. The van der Waals surface area contributed by atoms with Gasteiger partial charge in [0.15, 0.2) is 0 Å². The summed E-state index contributed by atoms with van der Waals surface area (Å²) in [5, 5.41) is 7.59. The number of hydrogen-bond donors (Lipinski definition) is 1. The van der Waals surface area contributed by atoms with Crippen LogP contribution in [0.15, 0.2) is 30.3 Å². The molecule has 1 aliphatic rings. The van der Waals surface area contributed by atoms with Gasteiger partial charge in [-0.15, -0.1) is 0 Å². The smallest absolute Gasteiger partial charge is 0.321 e. The van der Waals surface area contributed by atoms with Crippen molar-refractivity contribution in [2.45, 2.75) is 32.7 Å². The highest BCUT2D eigenvalue weighted by molar-refractivity contribution is 7.99. The van der Waals surface area contributed by atoms with Crippen LogP contribution in [0.3, 0.4) is 0 Å². The summed E-state index contributed by atoms with van der Waals surface area (Å²) in [6.07, 6.45) is 2.13. The number of thioether (sulfide) groups is 1. The molecule has 0 radical (unpaired) electrons. The maximum atomic E-state index is 12.7. The van der Waals surface area contributed by atoms with Gasteiger partial charge in [-0.3, -0.25) is 0 Å². The van der Waals surface area contributed by atoms with Crippen LogP contribution in [-0.2, 0) is 0 Å². The van der Waals surface area contributed by atoms with Gasteiger partial charge in [0.1, 0.15) is 0 Å². The predicted octanol–water partition coefficient (Wildman–Crippen LogP) is 3.85. The molecule has 0 unspecified atom stereocenters. The Bertz CT molecular complexity index is 722. The number of nitrogens with zero attached hydrogens (tertiary/aromatic N) is 3. The number of benzene rings is 1. The van der Waals surface area contributed by atoms with E-state index in [2.05, 4.69) is 10.4 Å². The first kappa shape index (κ1) is 16.9. The number of hydrogen-bond acceptors (Lipinski definition) is 3. The van der Waals surface area contributed by atoms with Crippen LogP contribution in [0.2, 0.25) is 0 Å². The van der Waals surface area contributed by atoms with Crippen molar-refractivity contribution in [3.63, 3.8) is 0 Å². The second-order valence-electron chi connectivity index (χ2n) is 6.24. The molecular weight excluding hydrogens is 320 g/mol. The largest absolute Gasteiger partial charge is 0.325 e. The molecule has 0 bridgehead atoms. The summed E-state index contributed by atoms with van der Waals surface area (Å²) >= 11 is 1.97. The van der Waals surface area contributed by atoms with Gasteiger partial charge in [-0.1, -0.05) is 12.1 Å². The molecule has 5 nitrogen and oxygen atoms in total. The van der Waals surface area contributed by atoms with Crippen LogP contribution >= 0.6 is 11.8 Å². The van der Waals surface area contributed by atoms with E-state index in [1.807, 2.05) is 72.6 Å². The highest BCUT2D eigenvalue weighted by Gasteiger charge is 2.23. The molecule has 1 aromatic carbocycles. The zero-order chi connectivity index (χ0) is 17.1. The lowest BCUT2D eigenvalue weighted by Gasteiger charge is -2.31. The minimum absolute atomic E-state index is 0.0547. The summed E-state index contributed by atoms with van der Waals surface area (Å²) in [6.45, 7) is 3.99. The first-order valence-electron chi connectivity index (χ1n) is 8.30. The van der Waals surface area contributed by atoms with Gasteiger partial charge < -0.3 is 10.2 Å². The molecule has 2 heterocycles. The van der Waals surface area contributed by atoms with Gasteiger partial charge in [-0.2, -0.15) is 16.9 Å². The second kappa shape index (κ2) is 7.30. The molecule has 1 N–H and O–H groups in total. The van der Waals surface area contributed by atoms with Gasteiger partial charge >= 0.3 is 6.03 Å². The van der Waals surface area contributed by atoms with Crippen LogP contribution in [0.4, 0.5) is 10.5 Å². The number of carbonyl (C=O) groups is 1. The standard InChI is InChI=1S/C18H24N4OS/c1-13-12-14(2)22(20-13)17-7-5-4-6-16(17)19-18(23)21(3)15-8-10-24-11-9-15/h4-7,12,15H,8-11H2,1-3H3,(H,19,23). The molecule has 0 atom stereocenters. The number of aryl methyl sites for hydroxylation is 2. The van der Waals surface area contributed by atoms with E-state index >= 15 is 0 Å². The van der Waals surface area contributed by atoms with Crippen molar-refractivity contribution in [3.05, 3.63) is 41.7 Å². The minimum atomic E-state index is -0.0547. The van der Waals surface area contributed by atoms with E-state index in [4.69, 9.17) is 0 Å². The van der Waals surface area contributed by atoms with E-state index in [1.54, 1.807) is 0 Å². The Morgan fingerprint density at radius 2 is 2.00 bits per heavy atom. The minimum Gasteiger partial charge on any atom is -0.325 e. The summed E-state index contributed by atoms with van der Waals surface area (Å²) in [5.41, 5.74) is 3.69. The van der Waals surface area contributed by atoms with Crippen LogP contribution in [-0.4, -0.2) is 45.3 Å². The molecule has 0 saturated carbocycles. The molecule has 0 aliphatic carbocycles. The molecule has 6 heteroatoms. The Hall–Kier alpha value is -1.95. The van der Waals surface area contributed by atoms with Crippen LogP contribution in [0.5, 0.6) is 0 Å². The number of urea groups is 1. The number of carbonyl (C=O) groups excluding carboxylic acids is 1. The molecule has 24 heavy (non-hydrogen) atoms. The predicted molar refractivity (Wildman–Crippen MR) is 100 cm³/mol. The Balaban J connectivity index is 1.80. The highest BCUT2D eigenvalue weighted by atomic mass is 32.2. The van der Waals surface area contributed by atoms with Crippen LogP contribution < -0.4 is 5.32 Å². The summed E-state index contributed by atoms with van der Waals surface area (Å²) in [4.78, 5) is 14.5. The third-order valence-electron chi connectivity index (χ3n) is 4.44. The maximum Gasteiger partial charge on any atom is 0.321 e. The number of para-hydroxylation sites is 2. The van der Waals surface area contributed by atoms with Crippen molar-refractivity contribution in [2.24, 2.45) is 0 Å². The van der Waals surface area contributed by atoms with E-state index in [9.17, 15) is 4.79 Å². The molecule has 128 valence electrons. The lowest BCUT2D eigenvalue weighted by molar-refractivity contribution is 0.200. The highest BCUT2D eigenvalue weighted by Crippen LogP contribution is 2.24. The van der Waals surface area contributed by atoms with E-state index in [-0.39, 0.29) is 6.03 Å². The summed E-state index contributed by atoms with van der Waals surface area (Å²) in [6, 6.07) is 10.1. The van der Waals surface area contributed by atoms with Gasteiger partial charge in [0.05, 0.1) is 17.1 Å². The summed E-state index contributed by atoms with van der Waals surface area (Å²) < 4.78 is 1.88. The van der Waals surface area contributed by atoms with Gasteiger partial charge in [0.25, 0.3) is 0 Å². The average Bonchev–Trinajstić information content (AvgIpc) is 2.93. The number of aromatic nitrogens is 2. The Morgan fingerprint density at radius 3 is 2.67 bits per heavy atom. The molecular formula is C18H24N4OS. The van der Waals surface area contributed by atoms with E-state index in [1.165, 1.54) is 0 Å². The van der Waals surface area contributed by atoms with Crippen molar-refractivity contribution in [1.82, 2.24) is 14.7 Å².